The van der Waals surface area contributed by atoms with E-state index < -0.39 is 0 Å². The molecule has 1 aliphatic heterocycles. The maximum absolute atomic E-state index is 12.7. The second kappa shape index (κ2) is 15.5. The SMILES string of the molecule is CC1=Cc2cc(C(C)(C)C)c(C)c(-c3cc(C)cc(C)c3)c2C1.CC1CCCO1.Cc1cc(C)cc(-c2c(C)c(C(C)(C)C)cc3c2CC(C)C3=O)c1. The quantitative estimate of drug-likeness (QED) is 0.207. The molecule has 2 aliphatic carbocycles. The molecule has 0 spiro atoms. The topological polar surface area (TPSA) is 26.3 Å². The molecule has 4 aromatic carbocycles. The highest BCUT2D eigenvalue weighted by Crippen LogP contribution is 2.44. The van der Waals surface area contributed by atoms with Crippen molar-refractivity contribution in [3.05, 3.63) is 121 Å². The Morgan fingerprint density at radius 3 is 1.51 bits per heavy atom. The number of rotatable bonds is 2. The first-order valence-corrected chi connectivity index (χ1v) is 20.0. The zero-order valence-corrected chi connectivity index (χ0v) is 35.7. The van der Waals surface area contributed by atoms with Crippen molar-refractivity contribution in [1.82, 2.24) is 0 Å². The van der Waals surface area contributed by atoms with Gasteiger partial charge in [0, 0.05) is 18.1 Å². The molecule has 0 radical (unpaired) electrons. The van der Waals surface area contributed by atoms with Gasteiger partial charge in [0.1, 0.15) is 0 Å². The van der Waals surface area contributed by atoms with Crippen molar-refractivity contribution >= 4 is 11.9 Å². The molecule has 1 heterocycles. The smallest absolute Gasteiger partial charge is 0.166 e. The van der Waals surface area contributed by atoms with Crippen LogP contribution in [0.4, 0.5) is 0 Å². The average molecular weight is 711 g/mol. The van der Waals surface area contributed by atoms with Gasteiger partial charge in [-0.2, -0.15) is 0 Å². The zero-order valence-electron chi connectivity index (χ0n) is 35.7. The first kappa shape index (κ1) is 40.4. The van der Waals surface area contributed by atoms with E-state index in [-0.39, 0.29) is 16.7 Å². The molecule has 3 aliphatic rings. The summed E-state index contributed by atoms with van der Waals surface area (Å²) < 4.78 is 5.15. The Morgan fingerprint density at radius 1 is 0.623 bits per heavy atom. The zero-order chi connectivity index (χ0) is 39.2. The van der Waals surface area contributed by atoms with E-state index in [0.29, 0.717) is 11.9 Å². The van der Waals surface area contributed by atoms with Crippen molar-refractivity contribution in [2.75, 3.05) is 6.61 Å². The van der Waals surface area contributed by atoms with E-state index in [1.807, 2.05) is 0 Å². The monoisotopic (exact) mass is 711 g/mol. The summed E-state index contributed by atoms with van der Waals surface area (Å²) >= 11 is 0. The molecule has 2 unspecified atom stereocenters. The summed E-state index contributed by atoms with van der Waals surface area (Å²) in [6.45, 7) is 34.3. The van der Waals surface area contributed by atoms with Gasteiger partial charge in [-0.1, -0.05) is 125 Å². The molecule has 282 valence electrons. The number of benzene rings is 4. The minimum absolute atomic E-state index is 0.0266. The van der Waals surface area contributed by atoms with Crippen molar-refractivity contribution in [3.63, 3.8) is 0 Å². The number of hydrogen-bond donors (Lipinski definition) is 0. The molecule has 7 rings (SSSR count). The second-order valence-corrected chi connectivity index (χ2v) is 18.7. The van der Waals surface area contributed by atoms with Gasteiger partial charge in [0.05, 0.1) is 6.10 Å². The number of fused-ring (bicyclic) bond motifs is 2. The van der Waals surface area contributed by atoms with Crippen LogP contribution in [0.1, 0.15) is 147 Å². The Kier molecular flexibility index (Phi) is 11.9. The van der Waals surface area contributed by atoms with Crippen LogP contribution in [0.3, 0.4) is 0 Å². The van der Waals surface area contributed by atoms with Crippen molar-refractivity contribution in [1.29, 1.82) is 0 Å². The molecule has 53 heavy (non-hydrogen) atoms. The van der Waals surface area contributed by atoms with Crippen molar-refractivity contribution < 1.29 is 9.53 Å². The van der Waals surface area contributed by atoms with E-state index in [9.17, 15) is 4.79 Å². The van der Waals surface area contributed by atoms with E-state index in [4.69, 9.17) is 4.74 Å². The molecule has 0 N–H and O–H groups in total. The Hall–Kier alpha value is -3.75. The number of hydrogen-bond acceptors (Lipinski definition) is 2. The number of carbonyl (C=O) groups is 1. The van der Waals surface area contributed by atoms with Gasteiger partial charge in [-0.3, -0.25) is 4.79 Å². The van der Waals surface area contributed by atoms with Crippen LogP contribution in [0.25, 0.3) is 28.3 Å². The summed E-state index contributed by atoms with van der Waals surface area (Å²) in [7, 11) is 0. The van der Waals surface area contributed by atoms with E-state index in [2.05, 4.69) is 158 Å². The van der Waals surface area contributed by atoms with Crippen LogP contribution in [0.5, 0.6) is 0 Å². The number of aryl methyl sites for hydroxylation is 4. The third-order valence-corrected chi connectivity index (χ3v) is 11.3. The van der Waals surface area contributed by atoms with Crippen molar-refractivity contribution in [2.45, 2.75) is 146 Å². The van der Waals surface area contributed by atoms with Gasteiger partial charge in [0.25, 0.3) is 0 Å². The number of ketones is 1. The maximum Gasteiger partial charge on any atom is 0.166 e. The highest BCUT2D eigenvalue weighted by atomic mass is 16.5. The number of ether oxygens (including phenoxy) is 1. The number of carbonyl (C=O) groups excluding carboxylic acids is 1. The first-order chi connectivity index (χ1) is 24.6. The predicted octanol–water partition coefficient (Wildman–Crippen LogP) is 13.7. The van der Waals surface area contributed by atoms with Crippen LogP contribution in [-0.2, 0) is 28.4 Å². The predicted molar refractivity (Wildman–Crippen MR) is 229 cm³/mol. The molecular formula is C51H66O2. The van der Waals surface area contributed by atoms with Crippen LogP contribution in [0, 0.1) is 47.5 Å². The van der Waals surface area contributed by atoms with Crippen molar-refractivity contribution in [3.8, 4) is 22.3 Å². The molecule has 2 nitrogen and oxygen atoms in total. The lowest BCUT2D eigenvalue weighted by molar-refractivity contribution is 0.0946. The summed E-state index contributed by atoms with van der Waals surface area (Å²) in [4.78, 5) is 12.7. The number of allylic oxidation sites excluding steroid dienone is 1. The van der Waals surface area contributed by atoms with Gasteiger partial charge in [-0.15, -0.1) is 0 Å². The molecular weight excluding hydrogens is 645 g/mol. The van der Waals surface area contributed by atoms with Gasteiger partial charge in [0.2, 0.25) is 0 Å². The van der Waals surface area contributed by atoms with Crippen LogP contribution in [-0.4, -0.2) is 18.5 Å². The Labute approximate surface area is 322 Å². The van der Waals surface area contributed by atoms with Gasteiger partial charge in [-0.05, 0) is 159 Å². The molecule has 0 saturated carbocycles. The Morgan fingerprint density at radius 2 is 1.09 bits per heavy atom. The minimum Gasteiger partial charge on any atom is -0.379 e. The molecule has 0 amide bonds. The third-order valence-electron chi connectivity index (χ3n) is 11.3. The fraction of sp³-hybridized carbons (Fsp3) is 0.471. The molecule has 0 aromatic heterocycles. The first-order valence-electron chi connectivity index (χ1n) is 20.0. The van der Waals surface area contributed by atoms with E-state index >= 15 is 0 Å². The molecule has 2 atom stereocenters. The van der Waals surface area contributed by atoms with Crippen LogP contribution >= 0.6 is 0 Å². The van der Waals surface area contributed by atoms with Gasteiger partial charge < -0.3 is 4.74 Å². The standard InChI is InChI=1S/C23H28O.C23H28.C5H10O/c1-13-8-14(2)10-17(9-13)21-16(4)20(23(5,6)7)12-19-18(21)11-15(3)22(19)24;1-14-8-15(2)11-19(10-14)22-17(4)21(23(5,6)7)13-18-9-16(3)12-20(18)22;1-5-3-2-4-6-5/h8-10,12,15H,11H2,1-7H3;8-11,13H,12H2,1-7H3;5H,2-4H2,1H3. The van der Waals surface area contributed by atoms with Crippen LogP contribution in [0.2, 0.25) is 0 Å². The third kappa shape index (κ3) is 8.97. The lowest BCUT2D eigenvalue weighted by Gasteiger charge is -2.26. The van der Waals surface area contributed by atoms with E-state index in [1.165, 1.54) is 102 Å². The molecule has 1 saturated heterocycles. The highest BCUT2D eigenvalue weighted by molar-refractivity contribution is 6.04. The second-order valence-electron chi connectivity index (χ2n) is 18.7. The van der Waals surface area contributed by atoms with Crippen LogP contribution in [0.15, 0.2) is 54.1 Å². The summed E-state index contributed by atoms with van der Waals surface area (Å²) in [5.74, 6) is 0.403. The van der Waals surface area contributed by atoms with Gasteiger partial charge in [-0.25, -0.2) is 0 Å². The molecule has 2 heteroatoms. The summed E-state index contributed by atoms with van der Waals surface area (Å²) in [6.07, 6.45) is 7.40. The van der Waals surface area contributed by atoms with Crippen molar-refractivity contribution in [2.24, 2.45) is 5.92 Å². The van der Waals surface area contributed by atoms with E-state index in [0.717, 1.165) is 25.0 Å². The van der Waals surface area contributed by atoms with Crippen LogP contribution < -0.4 is 0 Å². The van der Waals surface area contributed by atoms with E-state index in [1.54, 1.807) is 0 Å². The lowest BCUT2D eigenvalue weighted by Crippen LogP contribution is -2.15. The fourth-order valence-corrected chi connectivity index (χ4v) is 9.02. The lowest BCUT2D eigenvalue weighted by atomic mass is 9.78. The number of Topliss-reactive ketones (excluding diaryl/α,β-unsaturated/α-hetero) is 1. The summed E-state index contributed by atoms with van der Waals surface area (Å²) in [6, 6.07) is 18.3. The van der Waals surface area contributed by atoms with Gasteiger partial charge >= 0.3 is 0 Å². The summed E-state index contributed by atoms with van der Waals surface area (Å²) in [5.41, 5.74) is 23.0. The van der Waals surface area contributed by atoms with Gasteiger partial charge in [0.15, 0.2) is 5.78 Å². The highest BCUT2D eigenvalue weighted by Gasteiger charge is 2.33. The maximum atomic E-state index is 12.7. The molecule has 1 fully saturated rings. The Bertz CT molecular complexity index is 2010. The average Bonchev–Trinajstić information content (AvgIpc) is 3.73. The summed E-state index contributed by atoms with van der Waals surface area (Å²) in [5, 5.41) is 0. The fourth-order valence-electron chi connectivity index (χ4n) is 9.02. The largest absolute Gasteiger partial charge is 0.379 e. The normalized spacial score (nSPS) is 17.8. The molecule has 0 bridgehead atoms. The molecule has 4 aromatic rings. The Balaban J connectivity index is 0.000000176. The minimum atomic E-state index is 0.0266.